The third kappa shape index (κ3) is 2.82. The summed E-state index contributed by atoms with van der Waals surface area (Å²) in [7, 11) is 5.96. The van der Waals surface area contributed by atoms with Gasteiger partial charge >= 0.3 is 0 Å². The highest BCUT2D eigenvalue weighted by molar-refractivity contribution is 5.30. The third-order valence-corrected chi connectivity index (χ3v) is 5.58. The van der Waals surface area contributed by atoms with E-state index < -0.39 is 0 Å². The number of hydrogen-bond donors (Lipinski definition) is 0. The molecule has 2 aromatic rings. The minimum Gasteiger partial charge on any atom is -0.497 e. The van der Waals surface area contributed by atoms with Crippen LogP contribution in [0.25, 0.3) is 0 Å². The number of hydrogen-bond acceptors (Lipinski definition) is 4. The third-order valence-electron chi connectivity index (χ3n) is 5.58. The molecule has 1 aromatic heterocycles. The van der Waals surface area contributed by atoms with Crippen LogP contribution in [0.4, 0.5) is 0 Å². The first-order valence-corrected chi connectivity index (χ1v) is 8.69. The molecule has 2 saturated heterocycles. The summed E-state index contributed by atoms with van der Waals surface area (Å²) in [6.45, 7) is 4.48. The molecule has 2 aliphatic rings. The molecule has 0 saturated carbocycles. The molecular formula is C19H26N4O. The predicted octanol–water partition coefficient (Wildman–Crippen LogP) is 2.16. The van der Waals surface area contributed by atoms with Crippen molar-refractivity contribution >= 4 is 0 Å². The van der Waals surface area contributed by atoms with Crippen LogP contribution in [0.15, 0.2) is 36.5 Å². The maximum atomic E-state index is 5.30. The Kier molecular flexibility index (Phi) is 4.06. The van der Waals surface area contributed by atoms with Crippen LogP contribution in [0.1, 0.15) is 17.3 Å². The maximum absolute atomic E-state index is 5.30. The largest absolute Gasteiger partial charge is 0.497 e. The SMILES string of the molecule is COc1ccc([C@@H]2[C@@H]3CN(Cc4ccn(C)n4)C[C@@H]3CN2C)cc1. The highest BCUT2D eigenvalue weighted by atomic mass is 16.5. The molecule has 2 fully saturated rings. The van der Waals surface area contributed by atoms with E-state index in [1.54, 1.807) is 7.11 Å². The van der Waals surface area contributed by atoms with Gasteiger partial charge in [0.15, 0.2) is 0 Å². The quantitative estimate of drug-likeness (QED) is 0.862. The summed E-state index contributed by atoms with van der Waals surface area (Å²) in [4.78, 5) is 5.09. The van der Waals surface area contributed by atoms with Gasteiger partial charge in [-0.1, -0.05) is 12.1 Å². The second kappa shape index (κ2) is 6.22. The highest BCUT2D eigenvalue weighted by Gasteiger charge is 2.45. The van der Waals surface area contributed by atoms with Gasteiger partial charge < -0.3 is 4.74 Å². The molecule has 5 heteroatoms. The lowest BCUT2D eigenvalue weighted by molar-refractivity contribution is 0.223. The predicted molar refractivity (Wildman–Crippen MR) is 93.8 cm³/mol. The summed E-state index contributed by atoms with van der Waals surface area (Å²) in [5.74, 6) is 2.39. The number of methoxy groups -OCH3 is 1. The standard InChI is InChI=1S/C19H26N4O/c1-21-10-15-11-23(12-16-8-9-22(2)20-16)13-18(15)19(21)14-4-6-17(24-3)7-5-14/h4-9,15,18-19H,10-13H2,1-3H3/t15-,18+,19+/m0/s1. The van der Waals surface area contributed by atoms with Crippen LogP contribution in [0.2, 0.25) is 0 Å². The number of benzene rings is 1. The van der Waals surface area contributed by atoms with Gasteiger partial charge in [0.25, 0.3) is 0 Å². The molecule has 0 spiro atoms. The van der Waals surface area contributed by atoms with Crippen molar-refractivity contribution in [2.24, 2.45) is 18.9 Å². The minimum atomic E-state index is 0.509. The first-order chi connectivity index (χ1) is 11.6. The van der Waals surface area contributed by atoms with E-state index in [0.29, 0.717) is 12.0 Å². The Bertz CT molecular complexity index is 696. The van der Waals surface area contributed by atoms with E-state index in [0.717, 1.165) is 24.8 Å². The number of nitrogens with zero attached hydrogens (tertiary/aromatic N) is 4. The Balaban J connectivity index is 1.48. The van der Waals surface area contributed by atoms with Gasteiger partial charge in [0.2, 0.25) is 0 Å². The van der Waals surface area contributed by atoms with Crippen LogP contribution in [0.3, 0.4) is 0 Å². The monoisotopic (exact) mass is 326 g/mol. The summed E-state index contributed by atoms with van der Waals surface area (Å²) in [6, 6.07) is 11.2. The molecule has 0 radical (unpaired) electrons. The van der Waals surface area contributed by atoms with Crippen molar-refractivity contribution in [2.45, 2.75) is 12.6 Å². The number of fused-ring (bicyclic) bond motifs is 1. The van der Waals surface area contributed by atoms with Gasteiger partial charge in [-0.05, 0) is 42.6 Å². The summed E-state index contributed by atoms with van der Waals surface area (Å²) in [5, 5.41) is 4.53. The fraction of sp³-hybridized carbons (Fsp3) is 0.526. The Labute approximate surface area is 143 Å². The van der Waals surface area contributed by atoms with Crippen LogP contribution >= 0.6 is 0 Å². The second-order valence-electron chi connectivity index (χ2n) is 7.26. The van der Waals surface area contributed by atoms with Crippen LogP contribution in [-0.4, -0.2) is 53.4 Å². The van der Waals surface area contributed by atoms with Gasteiger partial charge in [0.1, 0.15) is 5.75 Å². The minimum absolute atomic E-state index is 0.509. The van der Waals surface area contributed by atoms with Crippen LogP contribution in [0, 0.1) is 11.8 Å². The molecule has 1 aromatic carbocycles. The zero-order valence-corrected chi connectivity index (χ0v) is 14.7. The molecule has 5 nitrogen and oxygen atoms in total. The molecule has 24 heavy (non-hydrogen) atoms. The molecule has 4 rings (SSSR count). The first-order valence-electron chi connectivity index (χ1n) is 8.69. The Morgan fingerprint density at radius 1 is 1.08 bits per heavy atom. The number of aromatic nitrogens is 2. The van der Waals surface area contributed by atoms with Crippen LogP contribution in [-0.2, 0) is 13.6 Å². The molecule has 0 aliphatic carbocycles. The molecule has 0 unspecified atom stereocenters. The van der Waals surface area contributed by atoms with Crippen LogP contribution in [0.5, 0.6) is 5.75 Å². The van der Waals surface area contributed by atoms with Crippen molar-refractivity contribution in [2.75, 3.05) is 33.8 Å². The Morgan fingerprint density at radius 3 is 2.54 bits per heavy atom. The van der Waals surface area contributed by atoms with Crippen molar-refractivity contribution in [1.82, 2.24) is 19.6 Å². The second-order valence-corrected chi connectivity index (χ2v) is 7.26. The van der Waals surface area contributed by atoms with Gasteiger partial charge in [0, 0.05) is 45.5 Å². The van der Waals surface area contributed by atoms with E-state index in [4.69, 9.17) is 4.74 Å². The van der Waals surface area contributed by atoms with E-state index in [1.165, 1.54) is 24.3 Å². The molecule has 128 valence electrons. The fourth-order valence-corrected chi connectivity index (χ4v) is 4.56. The summed E-state index contributed by atoms with van der Waals surface area (Å²) in [6.07, 6.45) is 2.03. The molecule has 3 heterocycles. The fourth-order valence-electron chi connectivity index (χ4n) is 4.56. The van der Waals surface area contributed by atoms with Gasteiger partial charge in [-0.3, -0.25) is 14.5 Å². The van der Waals surface area contributed by atoms with Gasteiger partial charge in [0.05, 0.1) is 12.8 Å². The zero-order valence-electron chi connectivity index (χ0n) is 14.7. The van der Waals surface area contributed by atoms with E-state index in [2.05, 4.69) is 52.3 Å². The average Bonchev–Trinajstić information content (AvgIpc) is 3.22. The number of ether oxygens (including phenoxy) is 1. The van der Waals surface area contributed by atoms with E-state index in [9.17, 15) is 0 Å². The summed E-state index contributed by atoms with van der Waals surface area (Å²) in [5.41, 5.74) is 2.58. The van der Waals surface area contributed by atoms with Crippen molar-refractivity contribution in [1.29, 1.82) is 0 Å². The van der Waals surface area contributed by atoms with Gasteiger partial charge in [-0.2, -0.15) is 5.10 Å². The van der Waals surface area contributed by atoms with Crippen molar-refractivity contribution in [3.05, 3.63) is 47.8 Å². The Hall–Kier alpha value is -1.85. The lowest BCUT2D eigenvalue weighted by Gasteiger charge is -2.26. The molecule has 0 N–H and O–H groups in total. The number of likely N-dealkylation sites (tertiary alicyclic amines) is 2. The molecule has 0 bridgehead atoms. The smallest absolute Gasteiger partial charge is 0.118 e. The zero-order chi connectivity index (χ0) is 16.7. The lowest BCUT2D eigenvalue weighted by atomic mass is 9.89. The van der Waals surface area contributed by atoms with E-state index in [-0.39, 0.29) is 0 Å². The lowest BCUT2D eigenvalue weighted by Crippen LogP contribution is -2.29. The highest BCUT2D eigenvalue weighted by Crippen LogP contribution is 2.44. The van der Waals surface area contributed by atoms with Crippen molar-refractivity contribution in [3.8, 4) is 5.75 Å². The summed E-state index contributed by atoms with van der Waals surface area (Å²) >= 11 is 0. The number of aryl methyl sites for hydroxylation is 1. The first kappa shape index (κ1) is 15.7. The van der Waals surface area contributed by atoms with Gasteiger partial charge in [-0.25, -0.2) is 0 Å². The van der Waals surface area contributed by atoms with E-state index >= 15 is 0 Å². The molecule has 2 aliphatic heterocycles. The molecule has 3 atom stereocenters. The maximum Gasteiger partial charge on any atom is 0.118 e. The van der Waals surface area contributed by atoms with Gasteiger partial charge in [-0.15, -0.1) is 0 Å². The topological polar surface area (TPSA) is 33.5 Å². The van der Waals surface area contributed by atoms with E-state index in [1.807, 2.05) is 17.9 Å². The number of rotatable bonds is 4. The van der Waals surface area contributed by atoms with Crippen LogP contribution < -0.4 is 4.74 Å². The Morgan fingerprint density at radius 2 is 1.88 bits per heavy atom. The summed E-state index contributed by atoms with van der Waals surface area (Å²) < 4.78 is 7.19. The molecule has 0 amide bonds. The average molecular weight is 326 g/mol. The van der Waals surface area contributed by atoms with Crippen molar-refractivity contribution in [3.63, 3.8) is 0 Å². The normalized spacial score (nSPS) is 27.5. The van der Waals surface area contributed by atoms with Crippen molar-refractivity contribution < 1.29 is 4.74 Å². The molecular weight excluding hydrogens is 300 g/mol.